The molecular formula is C15H24BN3O2. The Morgan fingerprint density at radius 3 is 2.14 bits per heavy atom. The minimum atomic E-state index is -0.446. The molecule has 0 spiro atoms. The first-order valence-corrected chi connectivity index (χ1v) is 7.07. The lowest BCUT2D eigenvalue weighted by molar-refractivity contribution is 0.00578. The molecule has 0 amide bonds. The number of nitrogen functional groups attached to an aromatic ring is 2. The van der Waals surface area contributed by atoms with Crippen LogP contribution in [0.4, 0.5) is 11.4 Å². The van der Waals surface area contributed by atoms with Crippen LogP contribution in [0.3, 0.4) is 0 Å². The molecule has 1 heterocycles. The fraction of sp³-hybridized carbons (Fsp3) is 0.467. The molecular weight excluding hydrogens is 265 g/mol. The van der Waals surface area contributed by atoms with Crippen LogP contribution in [0.5, 0.6) is 0 Å². The van der Waals surface area contributed by atoms with Crippen LogP contribution in [0.2, 0.25) is 0 Å². The minimum Gasteiger partial charge on any atom is -0.400 e. The highest BCUT2D eigenvalue weighted by Gasteiger charge is 2.52. The fourth-order valence-electron chi connectivity index (χ4n) is 2.11. The summed E-state index contributed by atoms with van der Waals surface area (Å²) in [6.45, 7) is 8.41. The van der Waals surface area contributed by atoms with Crippen LogP contribution in [0.1, 0.15) is 33.3 Å². The Kier molecular flexibility index (Phi) is 4.06. The molecule has 0 aromatic heterocycles. The molecule has 0 aliphatic carbocycles. The van der Waals surface area contributed by atoms with E-state index in [-0.39, 0.29) is 11.2 Å². The van der Waals surface area contributed by atoms with Gasteiger partial charge in [-0.1, -0.05) is 12.1 Å². The summed E-state index contributed by atoms with van der Waals surface area (Å²) in [4.78, 5) is 0. The van der Waals surface area contributed by atoms with Gasteiger partial charge in [0.2, 0.25) is 0 Å². The summed E-state index contributed by atoms with van der Waals surface area (Å²) in [5.41, 5.74) is 19.6. The molecule has 1 aliphatic heterocycles. The van der Waals surface area contributed by atoms with Crippen molar-refractivity contribution in [2.75, 3.05) is 18.0 Å². The maximum atomic E-state index is 6.02. The van der Waals surface area contributed by atoms with E-state index in [1.807, 2.05) is 45.9 Å². The zero-order valence-corrected chi connectivity index (χ0v) is 13.1. The Bertz CT molecular complexity index is 554. The first kappa shape index (κ1) is 15.9. The SMILES string of the molecule is CC1(C)OB(C(=Cc2ccc(N)c(N)c2)CN)OC1(C)C. The highest BCUT2D eigenvalue weighted by molar-refractivity contribution is 6.55. The van der Waals surface area contributed by atoms with Gasteiger partial charge in [0.25, 0.3) is 0 Å². The van der Waals surface area contributed by atoms with E-state index in [1.165, 1.54) is 0 Å². The van der Waals surface area contributed by atoms with Gasteiger partial charge in [0.15, 0.2) is 0 Å². The molecule has 1 saturated heterocycles. The molecule has 1 aromatic carbocycles. The number of nitrogens with two attached hydrogens (primary N) is 3. The van der Waals surface area contributed by atoms with Crippen LogP contribution in [0, 0.1) is 0 Å². The molecule has 1 aliphatic rings. The number of hydrogen-bond donors (Lipinski definition) is 3. The highest BCUT2D eigenvalue weighted by atomic mass is 16.7. The van der Waals surface area contributed by atoms with Crippen molar-refractivity contribution in [3.63, 3.8) is 0 Å². The van der Waals surface area contributed by atoms with E-state index in [1.54, 1.807) is 6.07 Å². The molecule has 0 saturated carbocycles. The summed E-state index contributed by atoms with van der Waals surface area (Å²) in [6, 6.07) is 5.49. The Labute approximate surface area is 126 Å². The predicted molar refractivity (Wildman–Crippen MR) is 88.4 cm³/mol. The summed E-state index contributed by atoms with van der Waals surface area (Å²) in [7, 11) is -0.446. The van der Waals surface area contributed by atoms with E-state index in [9.17, 15) is 0 Å². The Hall–Kier alpha value is -1.50. The largest absolute Gasteiger partial charge is 0.491 e. The summed E-state index contributed by atoms with van der Waals surface area (Å²) in [6.07, 6.45) is 1.94. The molecule has 1 aromatic rings. The topological polar surface area (TPSA) is 96.5 Å². The Balaban J connectivity index is 2.28. The van der Waals surface area contributed by atoms with E-state index >= 15 is 0 Å². The van der Waals surface area contributed by atoms with Crippen molar-refractivity contribution in [2.24, 2.45) is 5.73 Å². The molecule has 5 nitrogen and oxygen atoms in total. The second-order valence-electron chi connectivity index (χ2n) is 6.40. The van der Waals surface area contributed by atoms with Crippen LogP contribution in [0.15, 0.2) is 23.7 Å². The number of rotatable bonds is 3. The summed E-state index contributed by atoms with van der Waals surface area (Å²) in [5, 5.41) is 0. The average molecular weight is 289 g/mol. The Morgan fingerprint density at radius 2 is 1.67 bits per heavy atom. The van der Waals surface area contributed by atoms with Gasteiger partial charge >= 0.3 is 7.12 Å². The van der Waals surface area contributed by atoms with Crippen molar-refractivity contribution >= 4 is 24.6 Å². The van der Waals surface area contributed by atoms with Crippen LogP contribution < -0.4 is 17.2 Å². The number of hydrogen-bond acceptors (Lipinski definition) is 5. The van der Waals surface area contributed by atoms with Gasteiger partial charge in [-0.2, -0.15) is 0 Å². The van der Waals surface area contributed by atoms with Crippen LogP contribution >= 0.6 is 0 Å². The van der Waals surface area contributed by atoms with Crippen molar-refractivity contribution in [2.45, 2.75) is 38.9 Å². The lowest BCUT2D eigenvalue weighted by Crippen LogP contribution is -2.41. The highest BCUT2D eigenvalue weighted by Crippen LogP contribution is 2.38. The van der Waals surface area contributed by atoms with Gasteiger partial charge in [-0.15, -0.1) is 0 Å². The van der Waals surface area contributed by atoms with Crippen molar-refractivity contribution in [3.05, 3.63) is 29.2 Å². The molecule has 0 bridgehead atoms. The summed E-state index contributed by atoms with van der Waals surface area (Å²) < 4.78 is 12.0. The maximum Gasteiger partial charge on any atom is 0.491 e. The molecule has 6 heteroatoms. The quantitative estimate of drug-likeness (QED) is 0.582. The first-order valence-electron chi connectivity index (χ1n) is 7.07. The standard InChI is InChI=1S/C15H24BN3O2/c1-14(2)15(3,4)21-16(20-14)11(9-17)7-10-5-6-12(18)13(19)8-10/h5-8H,9,17-19H2,1-4H3. The molecule has 6 N–H and O–H groups in total. The van der Waals surface area contributed by atoms with Gasteiger partial charge < -0.3 is 26.5 Å². The van der Waals surface area contributed by atoms with Gasteiger partial charge in [0.05, 0.1) is 22.6 Å². The molecule has 0 unspecified atom stereocenters. The molecule has 0 atom stereocenters. The smallest absolute Gasteiger partial charge is 0.400 e. The van der Waals surface area contributed by atoms with Crippen molar-refractivity contribution in [3.8, 4) is 0 Å². The molecule has 2 rings (SSSR count). The zero-order chi connectivity index (χ0) is 15.8. The molecule has 0 radical (unpaired) electrons. The van der Waals surface area contributed by atoms with E-state index in [4.69, 9.17) is 26.5 Å². The van der Waals surface area contributed by atoms with Crippen LogP contribution in [-0.4, -0.2) is 24.9 Å². The molecule has 114 valence electrons. The summed E-state index contributed by atoms with van der Waals surface area (Å²) >= 11 is 0. The lowest BCUT2D eigenvalue weighted by atomic mass is 9.77. The van der Waals surface area contributed by atoms with E-state index in [0.29, 0.717) is 17.9 Å². The Morgan fingerprint density at radius 1 is 1.10 bits per heavy atom. The third-order valence-corrected chi connectivity index (χ3v) is 4.25. The average Bonchev–Trinajstić information content (AvgIpc) is 2.59. The minimum absolute atomic E-state index is 0.348. The molecule has 21 heavy (non-hydrogen) atoms. The monoisotopic (exact) mass is 289 g/mol. The zero-order valence-electron chi connectivity index (χ0n) is 13.1. The first-order chi connectivity index (χ1) is 9.66. The van der Waals surface area contributed by atoms with Crippen LogP contribution in [0.25, 0.3) is 6.08 Å². The van der Waals surface area contributed by atoms with Gasteiger partial charge in [0, 0.05) is 6.54 Å². The van der Waals surface area contributed by atoms with Gasteiger partial charge in [-0.25, -0.2) is 0 Å². The van der Waals surface area contributed by atoms with E-state index < -0.39 is 7.12 Å². The maximum absolute atomic E-state index is 6.02. The van der Waals surface area contributed by atoms with Gasteiger partial charge in [-0.05, 0) is 50.9 Å². The van der Waals surface area contributed by atoms with E-state index in [0.717, 1.165) is 11.0 Å². The second-order valence-corrected chi connectivity index (χ2v) is 6.40. The van der Waals surface area contributed by atoms with Crippen molar-refractivity contribution < 1.29 is 9.31 Å². The lowest BCUT2D eigenvalue weighted by Gasteiger charge is -2.32. The van der Waals surface area contributed by atoms with Crippen molar-refractivity contribution in [1.29, 1.82) is 0 Å². The fourth-order valence-corrected chi connectivity index (χ4v) is 2.11. The third-order valence-electron chi connectivity index (χ3n) is 4.25. The molecule has 1 fully saturated rings. The van der Waals surface area contributed by atoms with Crippen LogP contribution in [-0.2, 0) is 9.31 Å². The van der Waals surface area contributed by atoms with E-state index in [2.05, 4.69) is 0 Å². The van der Waals surface area contributed by atoms with Crippen molar-refractivity contribution in [1.82, 2.24) is 0 Å². The van der Waals surface area contributed by atoms with Gasteiger partial charge in [-0.3, -0.25) is 0 Å². The summed E-state index contributed by atoms with van der Waals surface area (Å²) in [5.74, 6) is 0. The van der Waals surface area contributed by atoms with Gasteiger partial charge in [0.1, 0.15) is 0 Å². The normalized spacial score (nSPS) is 20.8. The third kappa shape index (κ3) is 3.07. The predicted octanol–water partition coefficient (Wildman–Crippen LogP) is 1.82. The number of anilines is 2. The second kappa shape index (κ2) is 5.37. The number of benzene rings is 1.